The molecule has 19 heteroatoms. The van der Waals surface area contributed by atoms with Crippen LogP contribution in [-0.2, 0) is 4.79 Å². The summed E-state index contributed by atoms with van der Waals surface area (Å²) in [6, 6.07) is 0. The zero-order chi connectivity index (χ0) is 27.4. The smallest absolute Gasteiger partial charge is 0.337 e. The van der Waals surface area contributed by atoms with Crippen molar-refractivity contribution < 1.29 is 79.4 Å². The van der Waals surface area contributed by atoms with Crippen molar-refractivity contribution >= 4 is 5.91 Å². The van der Waals surface area contributed by atoms with Crippen molar-refractivity contribution in [2.45, 2.75) is 73.3 Å². The van der Waals surface area contributed by atoms with Crippen LogP contribution in [0.15, 0.2) is 0 Å². The predicted molar refractivity (Wildman–Crippen MR) is 75.7 cm³/mol. The first kappa shape index (κ1) is 30.3. The molecule has 2 nitrogen and oxygen atoms in total. The lowest BCUT2D eigenvalue weighted by Gasteiger charge is -2.43. The lowest BCUT2D eigenvalue weighted by atomic mass is 9.88. The molecule has 0 spiro atoms. The van der Waals surface area contributed by atoms with Crippen molar-refractivity contribution in [3.05, 3.63) is 0 Å². The van der Waals surface area contributed by atoms with Crippen LogP contribution in [0.1, 0.15) is 25.7 Å². The fourth-order valence-electron chi connectivity index (χ4n) is 2.77. The fourth-order valence-corrected chi connectivity index (χ4v) is 2.77. The zero-order valence-corrected chi connectivity index (χ0v) is 16.0. The highest BCUT2D eigenvalue weighted by atomic mass is 19.4. The van der Waals surface area contributed by atoms with Gasteiger partial charge in [-0.25, -0.2) is 0 Å². The molecule has 1 saturated heterocycles. The molecule has 202 valence electrons. The van der Waals surface area contributed by atoms with Gasteiger partial charge in [0.05, 0.1) is 0 Å². The van der Waals surface area contributed by atoms with Crippen molar-refractivity contribution in [1.29, 1.82) is 0 Å². The quantitative estimate of drug-likeness (QED) is 0.340. The number of nitrogens with zero attached hydrogens (tertiary/aromatic N) is 1. The first-order valence-electron chi connectivity index (χ1n) is 8.77. The van der Waals surface area contributed by atoms with Gasteiger partial charge < -0.3 is 4.90 Å². The number of likely N-dealkylation sites (tertiary alicyclic amines) is 1. The molecule has 0 aromatic rings. The van der Waals surface area contributed by atoms with Crippen molar-refractivity contribution in [3.8, 4) is 0 Å². The van der Waals surface area contributed by atoms with E-state index in [1.807, 2.05) is 0 Å². The van der Waals surface area contributed by atoms with Gasteiger partial charge in [-0.1, -0.05) is 12.8 Å². The summed E-state index contributed by atoms with van der Waals surface area (Å²) in [5.74, 6) is -60.9. The Bertz CT molecular complexity index is 749. The third kappa shape index (κ3) is 4.03. The second-order valence-corrected chi connectivity index (χ2v) is 7.22. The van der Waals surface area contributed by atoms with Crippen LogP contribution < -0.4 is 0 Å². The molecule has 0 N–H and O–H groups in total. The van der Waals surface area contributed by atoms with Gasteiger partial charge in [0, 0.05) is 13.1 Å². The van der Waals surface area contributed by atoms with Gasteiger partial charge in [0.1, 0.15) is 0 Å². The summed E-state index contributed by atoms with van der Waals surface area (Å²) < 4.78 is 225. The van der Waals surface area contributed by atoms with E-state index < -0.39 is 66.6 Å². The summed E-state index contributed by atoms with van der Waals surface area (Å²) >= 11 is 0. The first-order valence-corrected chi connectivity index (χ1v) is 8.77. The molecule has 0 aromatic heterocycles. The van der Waals surface area contributed by atoms with E-state index in [4.69, 9.17) is 0 Å². The normalized spacial score (nSPS) is 18.7. The molecule has 0 radical (unpaired) electrons. The van der Waals surface area contributed by atoms with Crippen LogP contribution in [0.3, 0.4) is 0 Å². The molecular weight excluding hydrogens is 533 g/mol. The van der Waals surface area contributed by atoms with E-state index in [1.165, 1.54) is 0 Å². The number of alkyl halides is 17. The topological polar surface area (TPSA) is 20.3 Å². The largest absolute Gasteiger partial charge is 0.460 e. The summed E-state index contributed by atoms with van der Waals surface area (Å²) in [6.07, 6.45) is -7.77. The van der Waals surface area contributed by atoms with Crippen molar-refractivity contribution in [1.82, 2.24) is 4.90 Å². The standard InChI is InChI=1S/C15H12F17NO/c16-8(17,7(34)33-5-3-1-2-4-6-33)9(18,19)10(20,21)11(22,23)12(24,25)13(26,27)14(28,29)15(30,31)32/h1-6H2. The molecule has 1 amide bonds. The van der Waals surface area contributed by atoms with Crippen LogP contribution >= 0.6 is 0 Å². The lowest BCUT2D eigenvalue weighted by Crippen LogP contribution is -2.75. The van der Waals surface area contributed by atoms with Gasteiger partial charge >= 0.3 is 47.6 Å². The SMILES string of the molecule is O=C(N1CCCCCC1)C(F)(F)C(F)(F)C(F)(F)C(F)(F)C(F)(F)C(F)(F)C(F)(F)C(F)(F)F. The molecule has 1 heterocycles. The molecule has 0 unspecified atom stereocenters. The van der Waals surface area contributed by atoms with Crippen LogP contribution in [0, 0.1) is 0 Å². The Morgan fingerprint density at radius 1 is 0.441 bits per heavy atom. The van der Waals surface area contributed by atoms with Crippen LogP contribution in [0.4, 0.5) is 74.6 Å². The minimum Gasteiger partial charge on any atom is -0.337 e. The summed E-state index contributed by atoms with van der Waals surface area (Å²) in [4.78, 5) is 11.4. The number of halogens is 17. The van der Waals surface area contributed by atoms with E-state index in [2.05, 4.69) is 0 Å². The molecular formula is C15H12F17NO. The zero-order valence-electron chi connectivity index (χ0n) is 16.0. The average molecular weight is 545 g/mol. The maximum atomic E-state index is 13.9. The molecule has 1 aliphatic rings. The number of hydrogen-bond acceptors (Lipinski definition) is 1. The van der Waals surface area contributed by atoms with E-state index in [0.717, 1.165) is 0 Å². The highest BCUT2D eigenvalue weighted by Crippen LogP contribution is 2.64. The molecule has 1 fully saturated rings. The number of rotatable bonds is 7. The Labute approximate surface area is 178 Å². The molecule has 1 aliphatic heterocycles. The van der Waals surface area contributed by atoms with Crippen LogP contribution in [-0.4, -0.2) is 71.5 Å². The maximum Gasteiger partial charge on any atom is 0.460 e. The third-order valence-corrected chi connectivity index (χ3v) is 4.88. The molecule has 1 rings (SSSR count). The van der Waals surface area contributed by atoms with Gasteiger partial charge in [-0.3, -0.25) is 4.79 Å². The highest BCUT2D eigenvalue weighted by Gasteiger charge is 2.95. The number of hydrogen-bond donors (Lipinski definition) is 0. The van der Waals surface area contributed by atoms with Crippen molar-refractivity contribution in [3.63, 3.8) is 0 Å². The minimum atomic E-state index is -8.70. The summed E-state index contributed by atoms with van der Waals surface area (Å²) in [7, 11) is 0. The Morgan fingerprint density at radius 3 is 1.06 bits per heavy atom. The second kappa shape index (κ2) is 8.44. The molecule has 34 heavy (non-hydrogen) atoms. The maximum absolute atomic E-state index is 13.9. The number of amides is 1. The molecule has 0 aliphatic carbocycles. The van der Waals surface area contributed by atoms with E-state index in [-0.39, 0.29) is 30.6 Å². The number of carbonyl (C=O) groups excluding carboxylic acids is 1. The van der Waals surface area contributed by atoms with Crippen LogP contribution in [0.5, 0.6) is 0 Å². The summed E-state index contributed by atoms with van der Waals surface area (Å²) in [5, 5.41) is 0. The first-order chi connectivity index (χ1) is 14.8. The number of carbonyl (C=O) groups is 1. The summed E-state index contributed by atoms with van der Waals surface area (Å²) in [6.45, 7) is -1.64. The predicted octanol–water partition coefficient (Wildman–Crippen LogP) is 6.40. The van der Waals surface area contributed by atoms with E-state index in [1.54, 1.807) is 0 Å². The molecule has 0 bridgehead atoms. The Kier molecular flexibility index (Phi) is 7.53. The molecule has 0 aromatic carbocycles. The minimum absolute atomic E-state index is 0.184. The second-order valence-electron chi connectivity index (χ2n) is 7.22. The van der Waals surface area contributed by atoms with Gasteiger partial charge in [0.15, 0.2) is 0 Å². The van der Waals surface area contributed by atoms with Gasteiger partial charge in [-0.2, -0.15) is 74.6 Å². The van der Waals surface area contributed by atoms with E-state index in [0.29, 0.717) is 0 Å². The molecule has 0 atom stereocenters. The van der Waals surface area contributed by atoms with E-state index in [9.17, 15) is 79.4 Å². The molecule has 0 saturated carbocycles. The Morgan fingerprint density at radius 2 is 0.735 bits per heavy atom. The third-order valence-electron chi connectivity index (χ3n) is 4.88. The Balaban J connectivity index is 3.57. The van der Waals surface area contributed by atoms with Crippen molar-refractivity contribution in [2.75, 3.05) is 13.1 Å². The van der Waals surface area contributed by atoms with Gasteiger partial charge in [0.2, 0.25) is 0 Å². The van der Waals surface area contributed by atoms with Gasteiger partial charge in [0.25, 0.3) is 5.91 Å². The van der Waals surface area contributed by atoms with E-state index >= 15 is 0 Å². The summed E-state index contributed by atoms with van der Waals surface area (Å²) in [5.41, 5.74) is 0. The van der Waals surface area contributed by atoms with Gasteiger partial charge in [-0.05, 0) is 12.8 Å². The average Bonchev–Trinajstić information content (AvgIpc) is 2.94. The van der Waals surface area contributed by atoms with Crippen LogP contribution in [0.25, 0.3) is 0 Å². The van der Waals surface area contributed by atoms with Gasteiger partial charge in [-0.15, -0.1) is 0 Å². The fraction of sp³-hybridized carbons (Fsp3) is 0.933. The van der Waals surface area contributed by atoms with Crippen LogP contribution in [0.2, 0.25) is 0 Å². The monoisotopic (exact) mass is 545 g/mol. The lowest BCUT2D eigenvalue weighted by molar-refractivity contribution is -0.459. The Hall–Kier alpha value is -1.72. The highest BCUT2D eigenvalue weighted by molar-refractivity contribution is 5.85. The van der Waals surface area contributed by atoms with Crippen molar-refractivity contribution in [2.24, 2.45) is 0 Å².